The van der Waals surface area contributed by atoms with Crippen molar-refractivity contribution >= 4 is 27.3 Å². The van der Waals surface area contributed by atoms with E-state index in [1.54, 1.807) is 0 Å². The Morgan fingerprint density at radius 1 is 1.50 bits per heavy atom. The summed E-state index contributed by atoms with van der Waals surface area (Å²) in [5.41, 5.74) is 0.402. The number of benzene rings is 1. The molecule has 0 amide bonds. The number of hydrogen-bond acceptors (Lipinski definition) is 4. The predicted molar refractivity (Wildman–Crippen MR) is 71.5 cm³/mol. The Bertz CT molecular complexity index is 745. The molecule has 1 aromatic carbocycles. The molecule has 20 heavy (non-hydrogen) atoms. The zero-order valence-electron chi connectivity index (χ0n) is 10.3. The van der Waals surface area contributed by atoms with Crippen molar-refractivity contribution in [2.75, 3.05) is 4.72 Å². The molecule has 6 nitrogen and oxygen atoms in total. The van der Waals surface area contributed by atoms with Crippen molar-refractivity contribution in [3.63, 3.8) is 0 Å². The molecule has 0 unspecified atom stereocenters. The van der Waals surface area contributed by atoms with E-state index in [1.165, 1.54) is 13.0 Å². The van der Waals surface area contributed by atoms with E-state index in [1.807, 2.05) is 0 Å². The second kappa shape index (κ2) is 5.39. The van der Waals surface area contributed by atoms with Crippen molar-refractivity contribution in [3.05, 3.63) is 40.4 Å². The van der Waals surface area contributed by atoms with Crippen LogP contribution in [0.1, 0.15) is 11.4 Å². The first kappa shape index (κ1) is 14.8. The Morgan fingerprint density at radius 2 is 2.20 bits per heavy atom. The second-order valence-corrected chi connectivity index (χ2v) is 6.04. The van der Waals surface area contributed by atoms with E-state index < -0.39 is 22.4 Å². The summed E-state index contributed by atoms with van der Waals surface area (Å²) < 4.78 is 39.8. The monoisotopic (exact) mass is 319 g/mol. The standard InChI is InChI=1S/C11H11ClFN3O3S/c1-6-11(10(5-17)15-14-6)20(18,19)16-7-2-3-9(13)8(12)4-7/h2-4,16-17H,5H2,1H3,(H,14,15). The van der Waals surface area contributed by atoms with E-state index in [0.717, 1.165) is 12.1 Å². The van der Waals surface area contributed by atoms with Gasteiger partial charge in [0, 0.05) is 0 Å². The first-order chi connectivity index (χ1) is 9.35. The largest absolute Gasteiger partial charge is 0.390 e. The minimum absolute atomic E-state index is 0.00297. The van der Waals surface area contributed by atoms with Crippen molar-refractivity contribution in [1.29, 1.82) is 0 Å². The van der Waals surface area contributed by atoms with E-state index in [0.29, 0.717) is 0 Å². The highest BCUT2D eigenvalue weighted by Crippen LogP contribution is 2.24. The lowest BCUT2D eigenvalue weighted by molar-refractivity contribution is 0.273. The van der Waals surface area contributed by atoms with E-state index in [2.05, 4.69) is 14.9 Å². The molecule has 3 N–H and O–H groups in total. The molecule has 0 saturated carbocycles. The van der Waals surface area contributed by atoms with Crippen LogP contribution >= 0.6 is 11.6 Å². The van der Waals surface area contributed by atoms with Gasteiger partial charge in [0.25, 0.3) is 10.0 Å². The minimum Gasteiger partial charge on any atom is -0.390 e. The molecule has 0 radical (unpaired) electrons. The van der Waals surface area contributed by atoms with Crippen LogP contribution in [0.5, 0.6) is 0 Å². The van der Waals surface area contributed by atoms with Gasteiger partial charge in [-0.3, -0.25) is 9.82 Å². The molecule has 2 aromatic rings. The molecule has 0 fully saturated rings. The fourth-order valence-electron chi connectivity index (χ4n) is 1.70. The molecule has 1 aromatic heterocycles. The number of aromatic amines is 1. The summed E-state index contributed by atoms with van der Waals surface area (Å²) in [5.74, 6) is -0.648. The zero-order chi connectivity index (χ0) is 14.9. The van der Waals surface area contributed by atoms with Crippen molar-refractivity contribution in [2.24, 2.45) is 0 Å². The van der Waals surface area contributed by atoms with Crippen LogP contribution in [-0.2, 0) is 16.6 Å². The Labute approximate surface area is 119 Å². The zero-order valence-corrected chi connectivity index (χ0v) is 11.9. The highest BCUT2D eigenvalue weighted by Gasteiger charge is 2.24. The fraction of sp³-hybridized carbons (Fsp3) is 0.182. The second-order valence-electron chi connectivity index (χ2n) is 4.02. The lowest BCUT2D eigenvalue weighted by atomic mass is 10.3. The van der Waals surface area contributed by atoms with Gasteiger partial charge in [0.2, 0.25) is 0 Å². The predicted octanol–water partition coefficient (Wildman–Crippen LogP) is 1.80. The van der Waals surface area contributed by atoms with Crippen LogP contribution in [0, 0.1) is 12.7 Å². The minimum atomic E-state index is -3.96. The molecule has 1 heterocycles. The van der Waals surface area contributed by atoms with E-state index in [-0.39, 0.29) is 27.0 Å². The molecule has 9 heteroatoms. The molecule has 108 valence electrons. The third-order valence-electron chi connectivity index (χ3n) is 2.55. The maximum atomic E-state index is 13.0. The summed E-state index contributed by atoms with van der Waals surface area (Å²) in [6, 6.07) is 3.45. The number of sulfonamides is 1. The molecule has 0 aliphatic rings. The Balaban J connectivity index is 2.40. The Morgan fingerprint density at radius 3 is 2.80 bits per heavy atom. The van der Waals surface area contributed by atoms with E-state index >= 15 is 0 Å². The first-order valence-electron chi connectivity index (χ1n) is 5.47. The summed E-state index contributed by atoms with van der Waals surface area (Å²) >= 11 is 5.59. The van der Waals surface area contributed by atoms with Crippen LogP contribution in [0.3, 0.4) is 0 Å². The van der Waals surface area contributed by atoms with E-state index in [4.69, 9.17) is 16.7 Å². The van der Waals surface area contributed by atoms with Crippen LogP contribution in [0.25, 0.3) is 0 Å². The Kier molecular flexibility index (Phi) is 3.98. The number of halogens is 2. The summed E-state index contributed by atoms with van der Waals surface area (Å²) in [7, 11) is -3.96. The number of nitrogens with zero attached hydrogens (tertiary/aromatic N) is 1. The summed E-state index contributed by atoms with van der Waals surface area (Å²) in [6.07, 6.45) is 0. The molecule has 2 rings (SSSR count). The summed E-state index contributed by atoms with van der Waals surface area (Å²) in [5, 5.41) is 15.1. The average molecular weight is 320 g/mol. The van der Waals surface area contributed by atoms with Gasteiger partial charge in [-0.15, -0.1) is 0 Å². The lowest BCUT2D eigenvalue weighted by Crippen LogP contribution is -2.15. The number of aliphatic hydroxyl groups is 1. The van der Waals surface area contributed by atoms with Gasteiger partial charge in [0.05, 0.1) is 23.0 Å². The van der Waals surface area contributed by atoms with Crippen LogP contribution in [0.2, 0.25) is 5.02 Å². The molecule has 0 saturated heterocycles. The number of aliphatic hydroxyl groups excluding tert-OH is 1. The number of H-pyrrole nitrogens is 1. The quantitative estimate of drug-likeness (QED) is 0.801. The number of aryl methyl sites for hydroxylation is 1. The van der Waals surface area contributed by atoms with Crippen molar-refractivity contribution in [2.45, 2.75) is 18.4 Å². The van der Waals surface area contributed by atoms with Crippen LogP contribution in [0.4, 0.5) is 10.1 Å². The number of aromatic nitrogens is 2. The Hall–Kier alpha value is -1.64. The molecule has 0 spiro atoms. The number of hydrogen-bond donors (Lipinski definition) is 3. The summed E-state index contributed by atoms with van der Waals surface area (Å²) in [6.45, 7) is 0.989. The maximum Gasteiger partial charge on any atom is 0.265 e. The lowest BCUT2D eigenvalue weighted by Gasteiger charge is -2.09. The molecular weight excluding hydrogens is 309 g/mol. The van der Waals surface area contributed by atoms with Crippen molar-refractivity contribution in [3.8, 4) is 0 Å². The van der Waals surface area contributed by atoms with Crippen molar-refractivity contribution in [1.82, 2.24) is 10.2 Å². The molecular formula is C11H11ClFN3O3S. The third kappa shape index (κ3) is 2.77. The van der Waals surface area contributed by atoms with Gasteiger partial charge >= 0.3 is 0 Å². The maximum absolute atomic E-state index is 13.0. The normalized spacial score (nSPS) is 11.6. The van der Waals surface area contributed by atoms with E-state index in [9.17, 15) is 12.8 Å². The average Bonchev–Trinajstić information content (AvgIpc) is 2.75. The number of nitrogens with one attached hydrogen (secondary N) is 2. The highest BCUT2D eigenvalue weighted by molar-refractivity contribution is 7.92. The van der Waals surface area contributed by atoms with Gasteiger partial charge < -0.3 is 5.11 Å². The van der Waals surface area contributed by atoms with Gasteiger partial charge in [-0.05, 0) is 25.1 Å². The SMILES string of the molecule is Cc1[nH]nc(CO)c1S(=O)(=O)Nc1ccc(F)c(Cl)c1. The third-order valence-corrected chi connectivity index (χ3v) is 4.42. The number of anilines is 1. The van der Waals surface area contributed by atoms with Crippen LogP contribution in [-0.4, -0.2) is 23.7 Å². The van der Waals surface area contributed by atoms with Gasteiger partial charge in [-0.2, -0.15) is 5.10 Å². The van der Waals surface area contributed by atoms with Gasteiger partial charge in [0.15, 0.2) is 0 Å². The molecule has 0 atom stereocenters. The fourth-order valence-corrected chi connectivity index (χ4v) is 3.29. The summed E-state index contributed by atoms with van der Waals surface area (Å²) in [4.78, 5) is -0.138. The smallest absolute Gasteiger partial charge is 0.265 e. The molecule has 0 aliphatic carbocycles. The highest BCUT2D eigenvalue weighted by atomic mass is 35.5. The van der Waals surface area contributed by atoms with Crippen molar-refractivity contribution < 1.29 is 17.9 Å². The van der Waals surface area contributed by atoms with Gasteiger partial charge in [-0.1, -0.05) is 11.6 Å². The van der Waals surface area contributed by atoms with Gasteiger partial charge in [-0.25, -0.2) is 12.8 Å². The van der Waals surface area contributed by atoms with Crippen LogP contribution in [0.15, 0.2) is 23.1 Å². The molecule has 0 aliphatic heterocycles. The van der Waals surface area contributed by atoms with Gasteiger partial charge in [0.1, 0.15) is 16.4 Å². The topological polar surface area (TPSA) is 95.1 Å². The number of rotatable bonds is 4. The first-order valence-corrected chi connectivity index (χ1v) is 7.34. The molecule has 0 bridgehead atoms. The van der Waals surface area contributed by atoms with Crippen LogP contribution < -0.4 is 4.72 Å².